The van der Waals surface area contributed by atoms with Crippen LogP contribution < -0.4 is 14.2 Å². The molecule has 2 aromatic rings. The lowest BCUT2D eigenvalue weighted by molar-refractivity contribution is 0.0171. The lowest BCUT2D eigenvalue weighted by Crippen LogP contribution is -2.44. The van der Waals surface area contributed by atoms with Crippen molar-refractivity contribution in [3.05, 3.63) is 59.7 Å². The fraction of sp³-hybridized carbons (Fsp3) is 0.429. The zero-order chi connectivity index (χ0) is 20.1. The molecule has 1 saturated heterocycles. The number of aryl methyl sites for hydroxylation is 1. The molecule has 2 aromatic carbocycles. The molecule has 29 heavy (non-hydrogen) atoms. The summed E-state index contributed by atoms with van der Waals surface area (Å²) in [5.41, 5.74) is 2.01. The van der Waals surface area contributed by atoms with E-state index in [1.54, 1.807) is 0 Å². The first kappa shape index (κ1) is 20.2. The van der Waals surface area contributed by atoms with Gasteiger partial charge in [-0.3, -0.25) is 4.90 Å². The van der Waals surface area contributed by atoms with Gasteiger partial charge in [0.05, 0.1) is 19.0 Å². The fourth-order valence-electron chi connectivity index (χ4n) is 3.64. The molecule has 0 aliphatic carbocycles. The molecule has 1 N–H and O–H groups in total. The summed E-state index contributed by atoms with van der Waals surface area (Å²) in [7, 11) is -3.40. The molecule has 156 valence electrons. The van der Waals surface area contributed by atoms with Crippen LogP contribution >= 0.6 is 0 Å². The molecule has 2 aliphatic heterocycles. The maximum atomic E-state index is 12.6. The van der Waals surface area contributed by atoms with E-state index in [1.807, 2.05) is 48.5 Å². The molecule has 2 aliphatic rings. The molecule has 0 bridgehead atoms. The molecule has 0 amide bonds. The van der Waals surface area contributed by atoms with Gasteiger partial charge in [0.2, 0.25) is 16.8 Å². The van der Waals surface area contributed by atoms with E-state index in [0.717, 1.165) is 30.0 Å². The van der Waals surface area contributed by atoms with Crippen molar-refractivity contribution in [3.8, 4) is 11.5 Å². The highest BCUT2D eigenvalue weighted by Gasteiger charge is 2.26. The molecule has 0 radical (unpaired) electrons. The third-order valence-electron chi connectivity index (χ3n) is 5.27. The summed E-state index contributed by atoms with van der Waals surface area (Å²) in [6.07, 6.45) is 0.489. The van der Waals surface area contributed by atoms with Crippen LogP contribution in [0.3, 0.4) is 0 Å². The van der Waals surface area contributed by atoms with Gasteiger partial charge < -0.3 is 14.2 Å². The highest BCUT2D eigenvalue weighted by molar-refractivity contribution is 7.89. The molecule has 0 spiro atoms. The number of sulfonamides is 1. The first-order chi connectivity index (χ1) is 14.1. The summed E-state index contributed by atoms with van der Waals surface area (Å²) in [6, 6.07) is 15.4. The standard InChI is InChI=1S/C21H26N2O5S/c24-29(25,13-8-17-4-2-1-3-5-17)22-15-19(23-9-11-26-12-10-23)18-6-7-20-21(14-18)28-16-27-20/h1-7,14,19,22H,8-13,15-16H2/t19-/m1/s1. The predicted octanol–water partition coefficient (Wildman–Crippen LogP) is 1.95. The first-order valence-corrected chi connectivity index (χ1v) is 11.5. The Balaban J connectivity index is 1.45. The minimum atomic E-state index is -3.40. The number of hydrogen-bond donors (Lipinski definition) is 1. The van der Waals surface area contributed by atoms with E-state index in [9.17, 15) is 8.42 Å². The summed E-state index contributed by atoms with van der Waals surface area (Å²) in [5, 5.41) is 0. The minimum absolute atomic E-state index is 0.0635. The van der Waals surface area contributed by atoms with Crippen LogP contribution in [0.2, 0.25) is 0 Å². The van der Waals surface area contributed by atoms with E-state index in [-0.39, 0.29) is 18.6 Å². The summed E-state index contributed by atoms with van der Waals surface area (Å²) < 4.78 is 44.4. The molecule has 0 aromatic heterocycles. The van der Waals surface area contributed by atoms with Crippen molar-refractivity contribution in [3.63, 3.8) is 0 Å². The van der Waals surface area contributed by atoms with Gasteiger partial charge in [-0.05, 0) is 29.7 Å². The Labute approximate surface area is 171 Å². The van der Waals surface area contributed by atoms with Crippen LogP contribution in [0.5, 0.6) is 11.5 Å². The van der Waals surface area contributed by atoms with Gasteiger partial charge in [-0.15, -0.1) is 0 Å². The third-order valence-corrected chi connectivity index (χ3v) is 6.61. The maximum absolute atomic E-state index is 12.6. The Morgan fingerprint density at radius 3 is 2.55 bits per heavy atom. The SMILES string of the molecule is O=S(=O)(CCc1ccccc1)NC[C@H](c1ccc2c(c1)OCO2)N1CCOCC1. The molecule has 4 rings (SSSR count). The highest BCUT2D eigenvalue weighted by Crippen LogP contribution is 2.35. The molecule has 8 heteroatoms. The van der Waals surface area contributed by atoms with Gasteiger partial charge in [0, 0.05) is 25.7 Å². The van der Waals surface area contributed by atoms with Crippen LogP contribution in [0.15, 0.2) is 48.5 Å². The number of nitrogens with zero attached hydrogens (tertiary/aromatic N) is 1. The summed E-state index contributed by atoms with van der Waals surface area (Å²) in [5.74, 6) is 1.49. The van der Waals surface area contributed by atoms with Gasteiger partial charge in [-0.2, -0.15) is 0 Å². The monoisotopic (exact) mass is 418 g/mol. The molecule has 1 fully saturated rings. The second kappa shape index (κ2) is 9.13. The normalized spacial score (nSPS) is 17.9. The number of ether oxygens (including phenoxy) is 3. The van der Waals surface area contributed by atoms with Gasteiger partial charge in [-0.25, -0.2) is 13.1 Å². The van der Waals surface area contributed by atoms with Gasteiger partial charge >= 0.3 is 0 Å². The quantitative estimate of drug-likeness (QED) is 0.706. The van der Waals surface area contributed by atoms with Gasteiger partial charge in [0.1, 0.15) is 0 Å². The van der Waals surface area contributed by atoms with Crippen LogP contribution in [0.4, 0.5) is 0 Å². The zero-order valence-electron chi connectivity index (χ0n) is 16.2. The third kappa shape index (κ3) is 5.27. The summed E-state index contributed by atoms with van der Waals surface area (Å²) in [4.78, 5) is 2.25. The van der Waals surface area contributed by atoms with Crippen molar-refractivity contribution < 1.29 is 22.6 Å². The Hall–Kier alpha value is -2.13. The van der Waals surface area contributed by atoms with Crippen molar-refractivity contribution in [2.75, 3.05) is 45.4 Å². The number of benzene rings is 2. The Bertz CT molecular complexity index is 914. The van der Waals surface area contributed by atoms with Gasteiger partial charge in [0.15, 0.2) is 11.5 Å². The van der Waals surface area contributed by atoms with E-state index in [4.69, 9.17) is 14.2 Å². The van der Waals surface area contributed by atoms with E-state index in [0.29, 0.717) is 31.9 Å². The van der Waals surface area contributed by atoms with Crippen molar-refractivity contribution in [1.82, 2.24) is 9.62 Å². The molecule has 0 unspecified atom stereocenters. The Morgan fingerprint density at radius 1 is 1.00 bits per heavy atom. The largest absolute Gasteiger partial charge is 0.454 e. The Morgan fingerprint density at radius 2 is 1.76 bits per heavy atom. The van der Waals surface area contributed by atoms with E-state index >= 15 is 0 Å². The average molecular weight is 419 g/mol. The second-order valence-corrected chi connectivity index (χ2v) is 9.11. The van der Waals surface area contributed by atoms with Crippen LogP contribution in [-0.2, 0) is 21.2 Å². The van der Waals surface area contributed by atoms with Gasteiger partial charge in [-0.1, -0.05) is 36.4 Å². The molecular formula is C21H26N2O5S. The van der Waals surface area contributed by atoms with E-state index in [1.165, 1.54) is 0 Å². The van der Waals surface area contributed by atoms with Gasteiger partial charge in [0.25, 0.3) is 0 Å². The number of rotatable bonds is 8. The lowest BCUT2D eigenvalue weighted by Gasteiger charge is -2.35. The zero-order valence-corrected chi connectivity index (χ0v) is 17.1. The Kier molecular flexibility index (Phi) is 6.34. The van der Waals surface area contributed by atoms with Crippen LogP contribution in [-0.4, -0.2) is 58.7 Å². The average Bonchev–Trinajstić information content (AvgIpc) is 3.22. The number of fused-ring (bicyclic) bond motifs is 1. The minimum Gasteiger partial charge on any atom is -0.454 e. The smallest absolute Gasteiger partial charge is 0.231 e. The molecular weight excluding hydrogens is 392 g/mol. The first-order valence-electron chi connectivity index (χ1n) is 9.83. The molecule has 7 nitrogen and oxygen atoms in total. The summed E-state index contributed by atoms with van der Waals surface area (Å²) >= 11 is 0. The van der Waals surface area contributed by atoms with Crippen LogP contribution in [0.1, 0.15) is 17.2 Å². The lowest BCUT2D eigenvalue weighted by atomic mass is 10.0. The number of hydrogen-bond acceptors (Lipinski definition) is 6. The van der Waals surface area contributed by atoms with Crippen LogP contribution in [0.25, 0.3) is 0 Å². The topological polar surface area (TPSA) is 77.1 Å². The summed E-state index contributed by atoms with van der Waals surface area (Å²) in [6.45, 7) is 3.31. The van der Waals surface area contributed by atoms with E-state index < -0.39 is 10.0 Å². The molecule has 2 heterocycles. The van der Waals surface area contributed by atoms with Crippen LogP contribution in [0, 0.1) is 0 Å². The second-order valence-electron chi connectivity index (χ2n) is 7.18. The van der Waals surface area contributed by atoms with E-state index in [2.05, 4.69) is 9.62 Å². The highest BCUT2D eigenvalue weighted by atomic mass is 32.2. The predicted molar refractivity (Wildman–Crippen MR) is 110 cm³/mol. The maximum Gasteiger partial charge on any atom is 0.231 e. The fourth-order valence-corrected chi connectivity index (χ4v) is 4.70. The number of morpholine rings is 1. The van der Waals surface area contributed by atoms with Crippen molar-refractivity contribution in [1.29, 1.82) is 0 Å². The molecule has 1 atom stereocenters. The van der Waals surface area contributed by atoms with Crippen molar-refractivity contribution in [2.45, 2.75) is 12.5 Å². The van der Waals surface area contributed by atoms with Crippen molar-refractivity contribution >= 4 is 10.0 Å². The van der Waals surface area contributed by atoms with Crippen molar-refractivity contribution in [2.24, 2.45) is 0 Å². The molecule has 0 saturated carbocycles. The number of nitrogens with one attached hydrogen (secondary N) is 1.